The Morgan fingerprint density at radius 3 is 2.69 bits per heavy atom. The lowest BCUT2D eigenvalue weighted by Gasteiger charge is -2.18. The fourth-order valence-electron chi connectivity index (χ4n) is 4.25. The Bertz CT molecular complexity index is 952. The standard InChI is InChI=1S/C22H21F3O4/c1-12-3-5-16-17(21(12)22(23,24)25)7-8-18(16)29-14-4-6-15-13(9-20(26)27-2)11-28-19(15)10-14/h3-6,10,13,18H,7-9,11H2,1-2H3/t13?,18-/m1/s1. The molecule has 154 valence electrons. The van der Waals surface area contributed by atoms with E-state index in [1.807, 2.05) is 6.07 Å². The molecule has 0 aromatic heterocycles. The number of alkyl halides is 3. The van der Waals surface area contributed by atoms with Gasteiger partial charge in [0.25, 0.3) is 0 Å². The topological polar surface area (TPSA) is 44.8 Å². The predicted molar refractivity (Wildman–Crippen MR) is 99.2 cm³/mol. The van der Waals surface area contributed by atoms with Crippen molar-refractivity contribution in [1.29, 1.82) is 0 Å². The van der Waals surface area contributed by atoms with Crippen molar-refractivity contribution in [2.24, 2.45) is 0 Å². The molecule has 0 bridgehead atoms. The number of aryl methyl sites for hydroxylation is 1. The molecule has 1 aliphatic carbocycles. The molecule has 0 fully saturated rings. The van der Waals surface area contributed by atoms with Gasteiger partial charge in [0, 0.05) is 17.5 Å². The van der Waals surface area contributed by atoms with Crippen LogP contribution < -0.4 is 9.47 Å². The average molecular weight is 406 g/mol. The van der Waals surface area contributed by atoms with Crippen molar-refractivity contribution in [2.45, 2.75) is 44.4 Å². The highest BCUT2D eigenvalue weighted by Gasteiger charge is 2.39. The van der Waals surface area contributed by atoms with E-state index in [1.165, 1.54) is 20.1 Å². The molecule has 2 aliphatic rings. The first-order valence-corrected chi connectivity index (χ1v) is 9.47. The van der Waals surface area contributed by atoms with E-state index in [-0.39, 0.29) is 23.9 Å². The fourth-order valence-corrected chi connectivity index (χ4v) is 4.25. The quantitative estimate of drug-likeness (QED) is 0.662. The number of esters is 1. The van der Waals surface area contributed by atoms with Crippen LogP contribution in [0.5, 0.6) is 11.5 Å². The second-order valence-electron chi connectivity index (χ2n) is 7.46. The van der Waals surface area contributed by atoms with Crippen LogP contribution in [0.25, 0.3) is 0 Å². The molecule has 0 N–H and O–H groups in total. The van der Waals surface area contributed by atoms with Crippen molar-refractivity contribution in [3.05, 3.63) is 58.1 Å². The van der Waals surface area contributed by atoms with Crippen molar-refractivity contribution < 1.29 is 32.2 Å². The van der Waals surface area contributed by atoms with Crippen LogP contribution in [0.15, 0.2) is 30.3 Å². The number of methoxy groups -OCH3 is 1. The summed E-state index contributed by atoms with van der Waals surface area (Å²) in [6, 6.07) is 8.59. The highest BCUT2D eigenvalue weighted by Crippen LogP contribution is 2.45. The smallest absolute Gasteiger partial charge is 0.416 e. The predicted octanol–water partition coefficient (Wildman–Crippen LogP) is 5.12. The molecule has 1 aliphatic heterocycles. The molecule has 2 atom stereocenters. The molecule has 0 spiro atoms. The van der Waals surface area contributed by atoms with Gasteiger partial charge in [0.2, 0.25) is 0 Å². The highest BCUT2D eigenvalue weighted by atomic mass is 19.4. The van der Waals surface area contributed by atoms with E-state index in [0.29, 0.717) is 42.1 Å². The third-order valence-electron chi connectivity index (χ3n) is 5.63. The lowest BCUT2D eigenvalue weighted by molar-refractivity contribution is -0.141. The van der Waals surface area contributed by atoms with Gasteiger partial charge in [-0.15, -0.1) is 0 Å². The van der Waals surface area contributed by atoms with Gasteiger partial charge < -0.3 is 14.2 Å². The Balaban J connectivity index is 1.55. The minimum atomic E-state index is -4.37. The van der Waals surface area contributed by atoms with Crippen molar-refractivity contribution in [3.8, 4) is 11.5 Å². The van der Waals surface area contributed by atoms with Crippen LogP contribution >= 0.6 is 0 Å². The molecule has 7 heteroatoms. The summed E-state index contributed by atoms with van der Waals surface area (Å²) < 4.78 is 56.8. The molecular weight excluding hydrogens is 385 g/mol. The van der Waals surface area contributed by atoms with Crippen LogP contribution in [0.2, 0.25) is 0 Å². The Labute approximate surface area is 166 Å². The van der Waals surface area contributed by atoms with Crippen molar-refractivity contribution >= 4 is 5.97 Å². The minimum absolute atomic E-state index is 0.0731. The largest absolute Gasteiger partial charge is 0.492 e. The summed E-state index contributed by atoms with van der Waals surface area (Å²) in [5.41, 5.74) is 1.53. The number of hydrogen-bond acceptors (Lipinski definition) is 4. The molecule has 0 saturated carbocycles. The second kappa shape index (κ2) is 7.28. The summed E-state index contributed by atoms with van der Waals surface area (Å²) in [5, 5.41) is 0. The zero-order valence-electron chi connectivity index (χ0n) is 16.1. The maximum absolute atomic E-state index is 13.5. The van der Waals surface area contributed by atoms with Crippen LogP contribution in [0.1, 0.15) is 52.7 Å². The first-order chi connectivity index (χ1) is 13.8. The molecule has 1 heterocycles. The second-order valence-corrected chi connectivity index (χ2v) is 7.46. The fraction of sp³-hybridized carbons (Fsp3) is 0.409. The van der Waals surface area contributed by atoms with Crippen LogP contribution in [-0.2, 0) is 22.1 Å². The van der Waals surface area contributed by atoms with Gasteiger partial charge in [0.05, 0.1) is 25.7 Å². The molecule has 0 saturated heterocycles. The summed E-state index contributed by atoms with van der Waals surface area (Å²) in [5.74, 6) is 0.796. The first kappa shape index (κ1) is 19.6. The molecule has 29 heavy (non-hydrogen) atoms. The van der Waals surface area contributed by atoms with E-state index < -0.39 is 17.8 Å². The van der Waals surface area contributed by atoms with E-state index in [9.17, 15) is 18.0 Å². The zero-order chi connectivity index (χ0) is 20.8. The Morgan fingerprint density at radius 2 is 1.97 bits per heavy atom. The van der Waals surface area contributed by atoms with E-state index in [4.69, 9.17) is 14.2 Å². The molecule has 1 unspecified atom stereocenters. The maximum Gasteiger partial charge on any atom is 0.416 e. The van der Waals surface area contributed by atoms with E-state index >= 15 is 0 Å². The van der Waals surface area contributed by atoms with Crippen molar-refractivity contribution in [3.63, 3.8) is 0 Å². The lowest BCUT2D eigenvalue weighted by Crippen LogP contribution is -2.12. The third kappa shape index (κ3) is 3.66. The summed E-state index contributed by atoms with van der Waals surface area (Å²) in [6.07, 6.45) is -3.75. The normalized spacial score (nSPS) is 20.0. The van der Waals surface area contributed by atoms with Crippen molar-refractivity contribution in [2.75, 3.05) is 13.7 Å². The number of rotatable bonds is 4. The molecule has 2 aromatic carbocycles. The first-order valence-electron chi connectivity index (χ1n) is 9.47. The van der Waals surface area contributed by atoms with Gasteiger partial charge in [-0.3, -0.25) is 4.79 Å². The third-order valence-corrected chi connectivity index (χ3v) is 5.63. The van der Waals surface area contributed by atoms with Crippen LogP contribution in [0.4, 0.5) is 13.2 Å². The molecule has 0 radical (unpaired) electrons. The lowest BCUT2D eigenvalue weighted by atomic mass is 9.97. The summed E-state index contributed by atoms with van der Waals surface area (Å²) in [6.45, 7) is 1.87. The number of hydrogen-bond donors (Lipinski definition) is 0. The minimum Gasteiger partial charge on any atom is -0.492 e. The number of carbonyl (C=O) groups excluding carboxylic acids is 1. The Hall–Kier alpha value is -2.70. The molecule has 4 rings (SSSR count). The number of fused-ring (bicyclic) bond motifs is 2. The number of halogens is 3. The van der Waals surface area contributed by atoms with Crippen molar-refractivity contribution in [1.82, 2.24) is 0 Å². The number of benzene rings is 2. The van der Waals surface area contributed by atoms with E-state index in [2.05, 4.69) is 0 Å². The summed E-state index contributed by atoms with van der Waals surface area (Å²) in [4.78, 5) is 11.5. The highest BCUT2D eigenvalue weighted by molar-refractivity contribution is 5.71. The van der Waals surface area contributed by atoms with Gasteiger partial charge >= 0.3 is 12.1 Å². The molecule has 0 amide bonds. The SMILES string of the molecule is COC(=O)CC1COc2cc(O[C@@H]3CCc4c3ccc(C)c4C(F)(F)F)ccc21. The van der Waals surface area contributed by atoms with Gasteiger partial charge in [0.1, 0.15) is 17.6 Å². The maximum atomic E-state index is 13.5. The van der Waals surface area contributed by atoms with Gasteiger partial charge in [-0.05, 0) is 42.5 Å². The molecule has 4 nitrogen and oxygen atoms in total. The van der Waals surface area contributed by atoms with Gasteiger partial charge in [-0.25, -0.2) is 0 Å². The van der Waals surface area contributed by atoms with Gasteiger partial charge in [-0.2, -0.15) is 13.2 Å². The number of carbonyl (C=O) groups is 1. The molecule has 2 aromatic rings. The number of ether oxygens (including phenoxy) is 3. The van der Waals surface area contributed by atoms with Crippen LogP contribution in [0.3, 0.4) is 0 Å². The summed E-state index contributed by atoms with van der Waals surface area (Å²) in [7, 11) is 1.35. The average Bonchev–Trinajstić information content (AvgIpc) is 3.24. The van der Waals surface area contributed by atoms with Crippen LogP contribution in [-0.4, -0.2) is 19.7 Å². The van der Waals surface area contributed by atoms with E-state index in [1.54, 1.807) is 18.2 Å². The summed E-state index contributed by atoms with van der Waals surface area (Å²) >= 11 is 0. The monoisotopic (exact) mass is 406 g/mol. The zero-order valence-corrected chi connectivity index (χ0v) is 16.1. The molecular formula is C22H21F3O4. The van der Waals surface area contributed by atoms with Gasteiger partial charge in [0.15, 0.2) is 0 Å². The Morgan fingerprint density at radius 1 is 1.21 bits per heavy atom. The van der Waals surface area contributed by atoms with E-state index in [0.717, 1.165) is 5.56 Å². The Kier molecular flexibility index (Phi) is 4.92. The van der Waals surface area contributed by atoms with Gasteiger partial charge in [-0.1, -0.05) is 18.2 Å². The van der Waals surface area contributed by atoms with Crippen LogP contribution in [0, 0.1) is 6.92 Å².